The van der Waals surface area contributed by atoms with E-state index < -0.39 is 23.4 Å². The number of amides is 1. The normalized spacial score (nSPS) is 17.0. The molecule has 30 heavy (non-hydrogen) atoms. The van der Waals surface area contributed by atoms with E-state index in [4.69, 9.17) is 4.74 Å². The van der Waals surface area contributed by atoms with Crippen LogP contribution in [0.25, 0.3) is 0 Å². The second-order valence-electron chi connectivity index (χ2n) is 6.92. The van der Waals surface area contributed by atoms with E-state index in [0.29, 0.717) is 18.5 Å². The SMILES string of the molecule is COC(=O)CN1C(=O)CC(N[C@@H](CCc2ccccc2)C(=O)O)Sc2ccccc21. The van der Waals surface area contributed by atoms with E-state index in [1.807, 2.05) is 42.5 Å². The first-order chi connectivity index (χ1) is 14.5. The van der Waals surface area contributed by atoms with E-state index in [1.165, 1.54) is 23.8 Å². The fourth-order valence-electron chi connectivity index (χ4n) is 3.30. The van der Waals surface area contributed by atoms with Crippen molar-refractivity contribution in [2.75, 3.05) is 18.6 Å². The van der Waals surface area contributed by atoms with Gasteiger partial charge in [0.2, 0.25) is 5.91 Å². The van der Waals surface area contributed by atoms with Gasteiger partial charge in [-0.2, -0.15) is 0 Å². The number of ether oxygens (including phenoxy) is 1. The Morgan fingerprint density at radius 2 is 1.90 bits per heavy atom. The Morgan fingerprint density at radius 3 is 2.60 bits per heavy atom. The van der Waals surface area contributed by atoms with Crippen LogP contribution in [-0.4, -0.2) is 48.0 Å². The maximum Gasteiger partial charge on any atom is 0.325 e. The number of rotatable bonds is 8. The Kier molecular flexibility index (Phi) is 7.48. The summed E-state index contributed by atoms with van der Waals surface area (Å²) in [7, 11) is 1.28. The summed E-state index contributed by atoms with van der Waals surface area (Å²) in [4.78, 5) is 38.7. The lowest BCUT2D eigenvalue weighted by Crippen LogP contribution is -2.44. The van der Waals surface area contributed by atoms with Crippen LogP contribution in [0.5, 0.6) is 0 Å². The number of carbonyl (C=O) groups excluding carboxylic acids is 2. The number of carbonyl (C=O) groups is 3. The third-order valence-electron chi connectivity index (χ3n) is 4.85. The summed E-state index contributed by atoms with van der Waals surface area (Å²) >= 11 is 1.40. The minimum Gasteiger partial charge on any atom is -0.480 e. The molecule has 1 unspecified atom stereocenters. The first-order valence-corrected chi connectivity index (χ1v) is 10.5. The third-order valence-corrected chi connectivity index (χ3v) is 6.04. The quantitative estimate of drug-likeness (QED) is 0.624. The molecule has 2 atom stereocenters. The van der Waals surface area contributed by atoms with Gasteiger partial charge in [0.15, 0.2) is 0 Å². The lowest BCUT2D eigenvalue weighted by Gasteiger charge is -2.22. The minimum absolute atomic E-state index is 0.0610. The lowest BCUT2D eigenvalue weighted by molar-refractivity contribution is -0.140. The molecule has 1 heterocycles. The lowest BCUT2D eigenvalue weighted by atomic mass is 10.1. The van der Waals surface area contributed by atoms with Crippen molar-refractivity contribution >= 4 is 35.3 Å². The van der Waals surface area contributed by atoms with Gasteiger partial charge in [-0.3, -0.25) is 24.6 Å². The van der Waals surface area contributed by atoms with Gasteiger partial charge >= 0.3 is 11.9 Å². The molecule has 0 saturated carbocycles. The number of thioether (sulfide) groups is 1. The summed E-state index contributed by atoms with van der Waals surface area (Å²) in [5.41, 5.74) is 1.68. The third kappa shape index (κ3) is 5.61. The van der Waals surface area contributed by atoms with Crippen LogP contribution in [0, 0.1) is 0 Å². The molecule has 158 valence electrons. The van der Waals surface area contributed by atoms with Gasteiger partial charge in [-0.25, -0.2) is 0 Å². The molecule has 1 aliphatic heterocycles. The van der Waals surface area contributed by atoms with Gasteiger partial charge in [-0.05, 0) is 30.5 Å². The highest BCUT2D eigenvalue weighted by Crippen LogP contribution is 2.37. The Labute approximate surface area is 179 Å². The number of hydrogen-bond acceptors (Lipinski definition) is 6. The van der Waals surface area contributed by atoms with Gasteiger partial charge in [0.05, 0.1) is 24.6 Å². The summed E-state index contributed by atoms with van der Waals surface area (Å²) in [6, 6.07) is 16.2. The number of methoxy groups -OCH3 is 1. The number of fused-ring (bicyclic) bond motifs is 1. The largest absolute Gasteiger partial charge is 0.480 e. The summed E-state index contributed by atoms with van der Waals surface area (Å²) < 4.78 is 4.72. The molecule has 8 heteroatoms. The number of nitrogens with zero attached hydrogens (tertiary/aromatic N) is 1. The molecule has 0 spiro atoms. The van der Waals surface area contributed by atoms with E-state index >= 15 is 0 Å². The first kappa shape index (κ1) is 21.9. The number of carboxylic acids is 1. The van der Waals surface area contributed by atoms with Crippen LogP contribution < -0.4 is 10.2 Å². The number of hydrogen-bond donors (Lipinski definition) is 2. The molecule has 2 aromatic rings. The monoisotopic (exact) mass is 428 g/mol. The van der Waals surface area contributed by atoms with Gasteiger partial charge in [0, 0.05) is 4.90 Å². The van der Waals surface area contributed by atoms with Crippen molar-refractivity contribution in [1.82, 2.24) is 5.32 Å². The first-order valence-electron chi connectivity index (χ1n) is 9.63. The predicted octanol–water partition coefficient (Wildman–Crippen LogP) is 2.69. The predicted molar refractivity (Wildman–Crippen MR) is 114 cm³/mol. The van der Waals surface area contributed by atoms with Crippen LogP contribution in [0.2, 0.25) is 0 Å². The van der Waals surface area contributed by atoms with Crippen molar-refractivity contribution in [3.05, 3.63) is 60.2 Å². The molecule has 1 aliphatic rings. The number of aryl methyl sites for hydroxylation is 1. The standard InChI is InChI=1S/C22H24N2O5S/c1-29-21(26)14-24-17-9-5-6-10-18(17)30-19(13-20(24)25)23-16(22(27)28)12-11-15-7-3-2-4-8-15/h2-10,16,19,23H,11-14H2,1H3,(H,27,28)/t16-,19?/m0/s1. The van der Waals surface area contributed by atoms with Gasteiger partial charge in [0.1, 0.15) is 12.6 Å². The Balaban J connectivity index is 1.75. The van der Waals surface area contributed by atoms with E-state index in [9.17, 15) is 19.5 Å². The van der Waals surface area contributed by atoms with Crippen LogP contribution in [0.3, 0.4) is 0 Å². The summed E-state index contributed by atoms with van der Waals surface area (Å²) in [6.07, 6.45) is 1.07. The van der Waals surface area contributed by atoms with Crippen LogP contribution in [0.15, 0.2) is 59.5 Å². The van der Waals surface area contributed by atoms with E-state index in [2.05, 4.69) is 5.32 Å². The molecule has 0 saturated heterocycles. The zero-order chi connectivity index (χ0) is 21.5. The van der Waals surface area contributed by atoms with Gasteiger partial charge in [0.25, 0.3) is 0 Å². The molecular formula is C22H24N2O5S. The number of aliphatic carboxylic acids is 1. The molecule has 0 aromatic heterocycles. The Hall–Kier alpha value is -2.84. The van der Waals surface area contributed by atoms with Crippen molar-refractivity contribution in [3.63, 3.8) is 0 Å². The van der Waals surface area contributed by atoms with Crippen LogP contribution in [0.4, 0.5) is 5.69 Å². The van der Waals surface area contributed by atoms with E-state index in [0.717, 1.165) is 10.5 Å². The molecule has 0 aliphatic carbocycles. The van der Waals surface area contributed by atoms with E-state index in [1.54, 1.807) is 12.1 Å². The number of para-hydroxylation sites is 1. The number of carboxylic acid groups (broad SMARTS) is 1. The molecule has 7 nitrogen and oxygen atoms in total. The topological polar surface area (TPSA) is 95.9 Å². The number of anilines is 1. The molecule has 0 fully saturated rings. The molecule has 0 radical (unpaired) electrons. The van der Waals surface area contributed by atoms with Crippen LogP contribution in [-0.2, 0) is 25.5 Å². The summed E-state index contributed by atoms with van der Waals surface area (Å²) in [5.74, 6) is -1.73. The van der Waals surface area contributed by atoms with Gasteiger partial charge < -0.3 is 9.84 Å². The fraction of sp³-hybridized carbons (Fsp3) is 0.318. The Bertz CT molecular complexity index is 905. The highest BCUT2D eigenvalue weighted by molar-refractivity contribution is 8.00. The molecule has 0 bridgehead atoms. The minimum atomic E-state index is -0.956. The molecule has 2 aromatic carbocycles. The van der Waals surface area contributed by atoms with Crippen molar-refractivity contribution in [2.24, 2.45) is 0 Å². The fourth-order valence-corrected chi connectivity index (χ4v) is 4.52. The second kappa shape index (κ2) is 10.3. The van der Waals surface area contributed by atoms with E-state index in [-0.39, 0.29) is 18.9 Å². The smallest absolute Gasteiger partial charge is 0.325 e. The number of esters is 1. The molecule has 1 amide bonds. The molecular weight excluding hydrogens is 404 g/mol. The maximum absolute atomic E-state index is 12.9. The summed E-state index contributed by atoms with van der Waals surface area (Å²) in [5, 5.41) is 12.4. The zero-order valence-electron chi connectivity index (χ0n) is 16.6. The van der Waals surface area contributed by atoms with Gasteiger partial charge in [-0.15, -0.1) is 11.8 Å². The molecule has 2 N–H and O–H groups in total. The maximum atomic E-state index is 12.9. The number of benzene rings is 2. The van der Waals surface area contributed by atoms with Crippen LogP contribution >= 0.6 is 11.8 Å². The van der Waals surface area contributed by atoms with Crippen molar-refractivity contribution in [3.8, 4) is 0 Å². The average molecular weight is 429 g/mol. The highest BCUT2D eigenvalue weighted by Gasteiger charge is 2.32. The highest BCUT2D eigenvalue weighted by atomic mass is 32.2. The van der Waals surface area contributed by atoms with Gasteiger partial charge in [-0.1, -0.05) is 42.5 Å². The van der Waals surface area contributed by atoms with Crippen LogP contribution in [0.1, 0.15) is 18.4 Å². The van der Waals surface area contributed by atoms with Crippen molar-refractivity contribution in [2.45, 2.75) is 35.6 Å². The second-order valence-corrected chi connectivity index (χ2v) is 8.16. The van der Waals surface area contributed by atoms with Crippen molar-refractivity contribution in [1.29, 1.82) is 0 Å². The van der Waals surface area contributed by atoms with Crippen molar-refractivity contribution < 1.29 is 24.2 Å². The zero-order valence-corrected chi connectivity index (χ0v) is 17.4. The summed E-state index contributed by atoms with van der Waals surface area (Å²) in [6.45, 7) is -0.185. The average Bonchev–Trinajstić information content (AvgIpc) is 2.87. The molecule has 3 rings (SSSR count). The number of nitrogens with one attached hydrogen (secondary N) is 1. The Morgan fingerprint density at radius 1 is 1.20 bits per heavy atom.